The highest BCUT2D eigenvalue weighted by molar-refractivity contribution is 7.91. The van der Waals surface area contributed by atoms with E-state index in [-0.39, 0.29) is 28.2 Å². The predicted octanol–water partition coefficient (Wildman–Crippen LogP) is 7.24. The van der Waals surface area contributed by atoms with E-state index in [0.717, 1.165) is 5.56 Å². The molecular formula is C29H23ClN2O5S. The van der Waals surface area contributed by atoms with Crippen LogP contribution in [-0.2, 0) is 16.4 Å². The summed E-state index contributed by atoms with van der Waals surface area (Å²) < 4.78 is 44.5. The number of aromatic nitrogens is 1. The average Bonchev–Trinajstić information content (AvgIpc) is 3.38. The molecule has 0 aliphatic heterocycles. The molecule has 7 nitrogen and oxygen atoms in total. The number of sulfone groups is 1. The van der Waals surface area contributed by atoms with Crippen molar-refractivity contribution in [2.24, 2.45) is 0 Å². The van der Waals surface area contributed by atoms with Gasteiger partial charge in [-0.3, -0.25) is 0 Å². The van der Waals surface area contributed by atoms with Crippen LogP contribution in [0.1, 0.15) is 5.56 Å². The first kappa shape index (κ1) is 25.4. The number of rotatable bonds is 9. The van der Waals surface area contributed by atoms with Crippen LogP contribution < -0.4 is 14.8 Å². The van der Waals surface area contributed by atoms with Crippen LogP contribution in [0.5, 0.6) is 17.2 Å². The number of nitrogens with one attached hydrogen (secondary N) is 1. The molecule has 0 spiro atoms. The van der Waals surface area contributed by atoms with E-state index >= 15 is 0 Å². The lowest BCUT2D eigenvalue weighted by atomic mass is 10.2. The highest BCUT2D eigenvalue weighted by atomic mass is 35.5. The molecule has 0 fully saturated rings. The van der Waals surface area contributed by atoms with Gasteiger partial charge in [-0.05, 0) is 66.2 Å². The number of nitrogens with zero attached hydrogens (tertiary/aromatic N) is 1. The lowest BCUT2D eigenvalue weighted by Gasteiger charge is -2.09. The molecule has 0 saturated carbocycles. The molecule has 0 atom stereocenters. The molecule has 0 bridgehead atoms. The summed E-state index contributed by atoms with van der Waals surface area (Å²) in [6.45, 7) is 0.260. The summed E-state index contributed by atoms with van der Waals surface area (Å²) in [5, 5.41) is 3.29. The lowest BCUT2D eigenvalue weighted by Crippen LogP contribution is -2.07. The van der Waals surface area contributed by atoms with E-state index in [2.05, 4.69) is 10.3 Å². The Morgan fingerprint density at radius 2 is 1.58 bits per heavy atom. The third kappa shape index (κ3) is 5.51. The van der Waals surface area contributed by atoms with Gasteiger partial charge < -0.3 is 19.2 Å². The number of anilines is 1. The fourth-order valence-electron chi connectivity index (χ4n) is 3.79. The van der Waals surface area contributed by atoms with Gasteiger partial charge in [-0.2, -0.15) is 4.98 Å². The van der Waals surface area contributed by atoms with Crippen molar-refractivity contribution in [3.63, 3.8) is 0 Å². The fourth-order valence-corrected chi connectivity index (χ4v) is 5.19. The van der Waals surface area contributed by atoms with Crippen molar-refractivity contribution < 1.29 is 22.3 Å². The Labute approximate surface area is 225 Å². The summed E-state index contributed by atoms with van der Waals surface area (Å²) >= 11 is 5.97. The smallest absolute Gasteiger partial charge is 0.234 e. The highest BCUT2D eigenvalue weighted by Gasteiger charge is 2.29. The Kier molecular flexibility index (Phi) is 7.35. The fraction of sp³-hybridized carbons (Fsp3) is 0.0690. The van der Waals surface area contributed by atoms with Gasteiger partial charge in [0.2, 0.25) is 26.6 Å². The van der Waals surface area contributed by atoms with Gasteiger partial charge in [0.25, 0.3) is 0 Å². The summed E-state index contributed by atoms with van der Waals surface area (Å²) in [5.74, 6) is 1.98. The summed E-state index contributed by atoms with van der Waals surface area (Å²) in [5.41, 5.74) is 1.37. The van der Waals surface area contributed by atoms with Crippen LogP contribution in [0, 0.1) is 0 Å². The van der Waals surface area contributed by atoms with Gasteiger partial charge in [0.1, 0.15) is 17.2 Å². The third-order valence-electron chi connectivity index (χ3n) is 5.64. The second-order valence-corrected chi connectivity index (χ2v) is 10.5. The van der Waals surface area contributed by atoms with Gasteiger partial charge in [0.15, 0.2) is 0 Å². The Balaban J connectivity index is 1.48. The zero-order valence-corrected chi connectivity index (χ0v) is 21.9. The zero-order chi connectivity index (χ0) is 26.5. The number of methoxy groups -OCH3 is 1. The van der Waals surface area contributed by atoms with Crippen LogP contribution >= 0.6 is 11.6 Å². The summed E-state index contributed by atoms with van der Waals surface area (Å²) in [6, 6.07) is 29.9. The molecule has 0 unspecified atom stereocenters. The minimum Gasteiger partial charge on any atom is -0.496 e. The Morgan fingerprint density at radius 3 is 2.34 bits per heavy atom. The van der Waals surface area contributed by atoms with Crippen LogP contribution in [0.15, 0.2) is 117 Å². The maximum absolute atomic E-state index is 13.6. The van der Waals surface area contributed by atoms with Crippen molar-refractivity contribution in [1.82, 2.24) is 4.98 Å². The van der Waals surface area contributed by atoms with Crippen LogP contribution in [0.2, 0.25) is 5.02 Å². The average molecular weight is 547 g/mol. The number of hydrogen-bond acceptors (Lipinski definition) is 7. The molecule has 5 aromatic rings. The van der Waals surface area contributed by atoms with E-state index in [1.54, 1.807) is 24.3 Å². The molecule has 0 amide bonds. The Hall–Kier alpha value is -4.27. The number of ether oxygens (including phenoxy) is 2. The van der Waals surface area contributed by atoms with Crippen LogP contribution in [0.4, 0.5) is 5.88 Å². The normalized spacial score (nSPS) is 11.2. The molecule has 1 heterocycles. The summed E-state index contributed by atoms with van der Waals surface area (Å²) in [6.07, 6.45) is 0. The maximum atomic E-state index is 13.6. The zero-order valence-electron chi connectivity index (χ0n) is 20.3. The molecular weight excluding hydrogens is 524 g/mol. The van der Waals surface area contributed by atoms with Crippen molar-refractivity contribution in [2.75, 3.05) is 12.4 Å². The number of hydrogen-bond donors (Lipinski definition) is 1. The Morgan fingerprint density at radius 1 is 0.868 bits per heavy atom. The number of para-hydroxylation sites is 2. The molecule has 192 valence electrons. The third-order valence-corrected chi connectivity index (χ3v) is 7.57. The number of halogens is 1. The highest BCUT2D eigenvalue weighted by Crippen LogP contribution is 2.36. The molecule has 38 heavy (non-hydrogen) atoms. The first-order valence-corrected chi connectivity index (χ1v) is 13.5. The van der Waals surface area contributed by atoms with Gasteiger partial charge in [-0.1, -0.05) is 54.1 Å². The molecule has 0 saturated heterocycles. The van der Waals surface area contributed by atoms with E-state index < -0.39 is 9.84 Å². The summed E-state index contributed by atoms with van der Waals surface area (Å²) in [7, 11) is -2.51. The van der Waals surface area contributed by atoms with Gasteiger partial charge >= 0.3 is 0 Å². The van der Waals surface area contributed by atoms with E-state index in [1.165, 1.54) is 31.4 Å². The SMILES string of the molecule is COc1ccccc1-c1nc(S(=O)(=O)c2ccc(Cl)cc2)c(NCc2cccc(Oc3ccccc3)c2)o1. The van der Waals surface area contributed by atoms with Gasteiger partial charge in [-0.15, -0.1) is 0 Å². The minimum absolute atomic E-state index is 0.00948. The lowest BCUT2D eigenvalue weighted by molar-refractivity contribution is 0.414. The van der Waals surface area contributed by atoms with Crippen LogP contribution in [0.3, 0.4) is 0 Å². The first-order chi connectivity index (χ1) is 18.4. The van der Waals surface area contributed by atoms with Crippen molar-refractivity contribution in [3.05, 3.63) is 114 Å². The van der Waals surface area contributed by atoms with Crippen molar-refractivity contribution >= 4 is 27.3 Å². The molecule has 0 radical (unpaired) electrons. The van der Waals surface area contributed by atoms with E-state index in [1.807, 2.05) is 54.6 Å². The van der Waals surface area contributed by atoms with Gasteiger partial charge in [-0.25, -0.2) is 8.42 Å². The number of oxazole rings is 1. The van der Waals surface area contributed by atoms with Crippen molar-refractivity contribution in [3.8, 4) is 28.7 Å². The predicted molar refractivity (Wildman–Crippen MR) is 146 cm³/mol. The van der Waals surface area contributed by atoms with Gasteiger partial charge in [0.05, 0.1) is 17.6 Å². The Bertz CT molecular complexity index is 1650. The standard InChI is InChI=1S/C29H23ClN2O5S/c1-35-26-13-6-5-12-25(26)27-32-29(38(33,34)24-16-14-21(30)15-17-24)28(37-27)31-19-20-8-7-11-23(18-20)36-22-9-3-2-4-10-22/h2-18,31H,19H2,1H3. The largest absolute Gasteiger partial charge is 0.496 e. The minimum atomic E-state index is -4.04. The van der Waals surface area contributed by atoms with Crippen molar-refractivity contribution in [2.45, 2.75) is 16.5 Å². The number of benzene rings is 4. The van der Waals surface area contributed by atoms with E-state index in [4.69, 9.17) is 25.5 Å². The molecule has 9 heteroatoms. The maximum Gasteiger partial charge on any atom is 0.234 e. The second kappa shape index (κ2) is 11.0. The second-order valence-electron chi connectivity index (χ2n) is 8.23. The molecule has 0 aliphatic rings. The monoisotopic (exact) mass is 546 g/mol. The quantitative estimate of drug-likeness (QED) is 0.208. The van der Waals surface area contributed by atoms with E-state index in [0.29, 0.717) is 27.8 Å². The van der Waals surface area contributed by atoms with Crippen LogP contribution in [0.25, 0.3) is 11.5 Å². The molecule has 1 aromatic heterocycles. The van der Waals surface area contributed by atoms with Crippen molar-refractivity contribution in [1.29, 1.82) is 0 Å². The first-order valence-electron chi connectivity index (χ1n) is 11.6. The molecule has 5 rings (SSSR count). The molecule has 0 aliphatic carbocycles. The molecule has 1 N–H and O–H groups in total. The summed E-state index contributed by atoms with van der Waals surface area (Å²) in [4.78, 5) is 4.43. The molecule has 4 aromatic carbocycles. The van der Waals surface area contributed by atoms with Gasteiger partial charge in [0, 0.05) is 11.6 Å². The topological polar surface area (TPSA) is 90.7 Å². The van der Waals surface area contributed by atoms with Crippen LogP contribution in [-0.4, -0.2) is 20.5 Å². The van der Waals surface area contributed by atoms with E-state index in [9.17, 15) is 8.42 Å².